The van der Waals surface area contributed by atoms with Crippen LogP contribution in [0.4, 0.5) is 10.5 Å². The van der Waals surface area contributed by atoms with Gasteiger partial charge in [-0.25, -0.2) is 4.79 Å². The van der Waals surface area contributed by atoms with Crippen molar-refractivity contribution in [2.75, 3.05) is 25.1 Å². The van der Waals surface area contributed by atoms with Gasteiger partial charge in [0.05, 0.1) is 26.1 Å². The van der Waals surface area contributed by atoms with Crippen molar-refractivity contribution in [3.63, 3.8) is 0 Å². The molecule has 2 aliphatic rings. The molecule has 4 rings (SSSR count). The van der Waals surface area contributed by atoms with Gasteiger partial charge in [-0.15, -0.1) is 0 Å². The molecule has 204 valence electrons. The number of benzene rings is 2. The summed E-state index contributed by atoms with van der Waals surface area (Å²) in [5.74, 6) is 0.0805. The van der Waals surface area contributed by atoms with E-state index < -0.39 is 5.97 Å². The van der Waals surface area contributed by atoms with Crippen molar-refractivity contribution in [2.24, 2.45) is 11.3 Å². The number of nitrogens with zero attached hydrogens (tertiary/aromatic N) is 2. The highest BCUT2D eigenvalue weighted by molar-refractivity contribution is 5.96. The summed E-state index contributed by atoms with van der Waals surface area (Å²) in [4.78, 5) is 41.0. The maximum absolute atomic E-state index is 13.9. The summed E-state index contributed by atoms with van der Waals surface area (Å²) in [7, 11) is 1.62. The molecule has 2 aromatic rings. The molecular weight excluding hydrogens is 482 g/mol. The number of hydrogen-bond acceptors (Lipinski definition) is 4. The van der Waals surface area contributed by atoms with E-state index in [0.717, 1.165) is 36.9 Å². The Kier molecular flexibility index (Phi) is 8.29. The van der Waals surface area contributed by atoms with Crippen LogP contribution in [-0.2, 0) is 4.79 Å². The topological polar surface area (TPSA) is 99.2 Å². The first-order chi connectivity index (χ1) is 18.1. The lowest BCUT2D eigenvalue weighted by Crippen LogP contribution is -2.43. The standard InChI is InChI=1S/C30H39N3O5/c1-30(2,3)22-12-14-23(15-13-22)33-26(19-32(29(33)37)24-6-5-7-25(18-24)38-4)20-8-10-21(11-9-20)28(36)31-17-16-27(34)35/h5-11,18,22-23,26H,12-17,19H2,1-4H3,(H,31,36)(H,34,35). The van der Waals surface area contributed by atoms with E-state index in [1.54, 1.807) is 19.2 Å². The second-order valence-corrected chi connectivity index (χ2v) is 11.4. The van der Waals surface area contributed by atoms with Crippen molar-refractivity contribution in [1.29, 1.82) is 0 Å². The molecule has 1 aliphatic carbocycles. The van der Waals surface area contributed by atoms with E-state index in [4.69, 9.17) is 9.84 Å². The minimum absolute atomic E-state index is 0.00190. The van der Waals surface area contributed by atoms with Gasteiger partial charge in [-0.05, 0) is 66.8 Å². The Balaban J connectivity index is 1.57. The highest BCUT2D eigenvalue weighted by Crippen LogP contribution is 2.43. The monoisotopic (exact) mass is 521 g/mol. The molecule has 0 spiro atoms. The van der Waals surface area contributed by atoms with E-state index in [0.29, 0.717) is 23.8 Å². The van der Waals surface area contributed by atoms with E-state index in [2.05, 4.69) is 31.0 Å². The van der Waals surface area contributed by atoms with E-state index >= 15 is 0 Å². The Bertz CT molecular complexity index is 1150. The van der Waals surface area contributed by atoms with Gasteiger partial charge in [0.15, 0.2) is 0 Å². The summed E-state index contributed by atoms with van der Waals surface area (Å²) in [5, 5.41) is 11.4. The number of carboxylic acid groups (broad SMARTS) is 1. The molecule has 1 saturated carbocycles. The van der Waals surface area contributed by atoms with Gasteiger partial charge in [0, 0.05) is 29.9 Å². The minimum atomic E-state index is -0.955. The maximum Gasteiger partial charge on any atom is 0.325 e. The molecule has 0 radical (unpaired) electrons. The van der Waals surface area contributed by atoms with E-state index in [1.807, 2.05) is 41.3 Å². The highest BCUT2D eigenvalue weighted by atomic mass is 16.5. The average Bonchev–Trinajstić information content (AvgIpc) is 3.25. The number of amides is 3. The second kappa shape index (κ2) is 11.5. The van der Waals surface area contributed by atoms with Crippen molar-refractivity contribution < 1.29 is 24.2 Å². The van der Waals surface area contributed by atoms with Gasteiger partial charge in [-0.3, -0.25) is 14.5 Å². The minimum Gasteiger partial charge on any atom is -0.497 e. The number of rotatable bonds is 8. The average molecular weight is 522 g/mol. The van der Waals surface area contributed by atoms with Gasteiger partial charge >= 0.3 is 12.0 Å². The summed E-state index contributed by atoms with van der Waals surface area (Å²) >= 11 is 0. The number of aliphatic carboxylic acids is 1. The maximum atomic E-state index is 13.9. The molecule has 1 atom stereocenters. The number of carbonyl (C=O) groups excluding carboxylic acids is 2. The molecule has 8 heteroatoms. The molecule has 2 fully saturated rings. The summed E-state index contributed by atoms with van der Waals surface area (Å²) in [6.45, 7) is 7.48. The van der Waals surface area contributed by atoms with E-state index in [-0.39, 0.29) is 42.4 Å². The van der Waals surface area contributed by atoms with Crippen molar-refractivity contribution in [3.8, 4) is 5.75 Å². The number of carboxylic acids is 1. The van der Waals surface area contributed by atoms with Crippen molar-refractivity contribution in [2.45, 2.75) is 65.0 Å². The number of nitrogens with one attached hydrogen (secondary N) is 1. The molecule has 8 nitrogen and oxygen atoms in total. The predicted octanol–water partition coefficient (Wildman–Crippen LogP) is 5.49. The Morgan fingerprint density at radius 3 is 2.34 bits per heavy atom. The van der Waals surface area contributed by atoms with Crippen molar-refractivity contribution >= 4 is 23.6 Å². The first-order valence-corrected chi connectivity index (χ1v) is 13.4. The third-order valence-corrected chi connectivity index (χ3v) is 8.00. The Labute approximate surface area is 225 Å². The van der Waals surface area contributed by atoms with Crippen LogP contribution in [0.1, 0.15) is 74.8 Å². The molecule has 1 heterocycles. The van der Waals surface area contributed by atoms with E-state index in [1.165, 1.54) is 0 Å². The van der Waals surface area contributed by atoms with Gasteiger partial charge in [0.2, 0.25) is 0 Å². The number of methoxy groups -OCH3 is 1. The fraction of sp³-hybridized carbons (Fsp3) is 0.500. The van der Waals surface area contributed by atoms with Gasteiger partial charge in [-0.1, -0.05) is 39.0 Å². The number of anilines is 1. The fourth-order valence-electron chi connectivity index (χ4n) is 5.74. The Hall–Kier alpha value is -3.55. The van der Waals surface area contributed by atoms with Crippen LogP contribution in [0.2, 0.25) is 0 Å². The lowest BCUT2D eigenvalue weighted by atomic mass is 9.71. The normalized spacial score (nSPS) is 21.9. The first-order valence-electron chi connectivity index (χ1n) is 13.4. The van der Waals surface area contributed by atoms with Gasteiger partial charge in [0.25, 0.3) is 5.91 Å². The van der Waals surface area contributed by atoms with Gasteiger partial charge in [0.1, 0.15) is 5.75 Å². The van der Waals surface area contributed by atoms with Crippen LogP contribution in [0.3, 0.4) is 0 Å². The number of hydrogen-bond donors (Lipinski definition) is 2. The molecule has 0 bridgehead atoms. The largest absolute Gasteiger partial charge is 0.497 e. The van der Waals surface area contributed by atoms with Crippen LogP contribution in [0.5, 0.6) is 5.75 Å². The number of ether oxygens (including phenoxy) is 1. The molecule has 0 aromatic heterocycles. The molecule has 1 aliphatic heterocycles. The zero-order chi connectivity index (χ0) is 27.4. The lowest BCUT2D eigenvalue weighted by molar-refractivity contribution is -0.136. The lowest BCUT2D eigenvalue weighted by Gasteiger charge is -2.41. The SMILES string of the molecule is COc1cccc(N2CC(c3ccc(C(=O)NCCC(=O)O)cc3)N(C3CCC(C(C)(C)C)CC3)C2=O)c1. The van der Waals surface area contributed by atoms with Gasteiger partial charge in [-0.2, -0.15) is 0 Å². The molecule has 2 N–H and O–H groups in total. The van der Waals surface area contributed by atoms with Crippen LogP contribution in [-0.4, -0.2) is 54.2 Å². The van der Waals surface area contributed by atoms with E-state index in [9.17, 15) is 14.4 Å². The molecule has 38 heavy (non-hydrogen) atoms. The number of carbonyl (C=O) groups is 3. The van der Waals surface area contributed by atoms with Crippen LogP contribution in [0.15, 0.2) is 48.5 Å². The highest BCUT2D eigenvalue weighted by Gasteiger charge is 2.44. The Morgan fingerprint density at radius 1 is 1.05 bits per heavy atom. The quantitative estimate of drug-likeness (QED) is 0.479. The van der Waals surface area contributed by atoms with Gasteiger partial charge < -0.3 is 20.1 Å². The summed E-state index contributed by atoms with van der Waals surface area (Å²) in [6, 6.07) is 14.9. The zero-order valence-corrected chi connectivity index (χ0v) is 22.8. The summed E-state index contributed by atoms with van der Waals surface area (Å²) < 4.78 is 5.40. The summed E-state index contributed by atoms with van der Waals surface area (Å²) in [6.07, 6.45) is 4.01. The summed E-state index contributed by atoms with van der Waals surface area (Å²) in [5.41, 5.74) is 2.50. The first kappa shape index (κ1) is 27.5. The fourth-order valence-corrected chi connectivity index (χ4v) is 5.74. The van der Waals surface area contributed by atoms with Crippen LogP contribution in [0, 0.1) is 11.3 Å². The molecule has 3 amide bonds. The predicted molar refractivity (Wildman–Crippen MR) is 147 cm³/mol. The molecule has 2 aromatic carbocycles. The third-order valence-electron chi connectivity index (χ3n) is 8.00. The van der Waals surface area contributed by atoms with Crippen molar-refractivity contribution in [3.05, 3.63) is 59.7 Å². The smallest absolute Gasteiger partial charge is 0.325 e. The molecule has 1 saturated heterocycles. The Morgan fingerprint density at radius 2 is 1.74 bits per heavy atom. The third kappa shape index (κ3) is 6.11. The van der Waals surface area contributed by atoms with Crippen LogP contribution < -0.4 is 15.0 Å². The zero-order valence-electron chi connectivity index (χ0n) is 22.8. The second-order valence-electron chi connectivity index (χ2n) is 11.4. The molecule has 1 unspecified atom stereocenters. The molecular formula is C30H39N3O5. The van der Waals surface area contributed by atoms with Crippen LogP contribution >= 0.6 is 0 Å². The van der Waals surface area contributed by atoms with Crippen LogP contribution in [0.25, 0.3) is 0 Å². The van der Waals surface area contributed by atoms with Crippen molar-refractivity contribution in [1.82, 2.24) is 10.2 Å². The number of urea groups is 1.